The van der Waals surface area contributed by atoms with Gasteiger partial charge in [-0.05, 0) is 60.2 Å². The van der Waals surface area contributed by atoms with Crippen LogP contribution < -0.4 is 25.4 Å². The fourth-order valence-corrected chi connectivity index (χ4v) is 5.03. The van der Waals surface area contributed by atoms with Crippen LogP contribution in [-0.4, -0.2) is 43.8 Å². The number of hydrogen-bond donors (Lipinski definition) is 2. The van der Waals surface area contributed by atoms with Gasteiger partial charge in [-0.15, -0.1) is 0 Å². The Hall–Kier alpha value is -4.05. The lowest BCUT2D eigenvalue weighted by atomic mass is 9.97. The highest BCUT2D eigenvalue weighted by molar-refractivity contribution is 5.91. The fraction of sp³-hybridized carbons (Fsp3) is 0.333. The Balaban J connectivity index is 1.12. The van der Waals surface area contributed by atoms with E-state index < -0.39 is 11.7 Å². The highest BCUT2D eigenvalue weighted by Gasteiger charge is 2.30. The molecule has 1 aliphatic heterocycles. The van der Waals surface area contributed by atoms with Crippen LogP contribution in [-0.2, 0) is 12.7 Å². The second-order valence-corrected chi connectivity index (χ2v) is 9.97. The lowest BCUT2D eigenvalue weighted by Crippen LogP contribution is -2.38. The minimum Gasteiger partial charge on any atom is -0.493 e. The predicted octanol–water partition coefficient (Wildman–Crippen LogP) is 5.92. The Morgan fingerprint density at radius 2 is 1.50 bits per heavy atom. The molecule has 3 aromatic carbocycles. The molecule has 0 aliphatic carbocycles. The maximum atomic E-state index is 12.8. The van der Waals surface area contributed by atoms with Crippen LogP contribution in [0.5, 0.6) is 11.5 Å². The highest BCUT2D eigenvalue weighted by Crippen LogP contribution is 2.35. The number of anilines is 2. The van der Waals surface area contributed by atoms with E-state index in [1.54, 1.807) is 20.3 Å². The number of benzene rings is 3. The van der Waals surface area contributed by atoms with Crippen LogP contribution in [0.4, 0.5) is 24.9 Å². The van der Waals surface area contributed by atoms with Crippen molar-refractivity contribution in [1.82, 2.24) is 15.3 Å². The van der Waals surface area contributed by atoms with Crippen molar-refractivity contribution in [2.24, 2.45) is 5.92 Å². The van der Waals surface area contributed by atoms with Crippen molar-refractivity contribution in [3.8, 4) is 22.6 Å². The number of nitrogens with two attached hydrogens (primary N) is 1. The van der Waals surface area contributed by atoms with Gasteiger partial charge in [0.25, 0.3) is 0 Å². The van der Waals surface area contributed by atoms with Gasteiger partial charge in [0.1, 0.15) is 5.82 Å². The first kappa shape index (κ1) is 27.5. The summed E-state index contributed by atoms with van der Waals surface area (Å²) in [5.74, 6) is 2.75. The number of methoxy groups -OCH3 is 2. The molecule has 5 rings (SSSR count). The molecule has 40 heavy (non-hydrogen) atoms. The van der Waals surface area contributed by atoms with Crippen LogP contribution in [0.2, 0.25) is 0 Å². The number of fused-ring (bicyclic) bond motifs is 1. The summed E-state index contributed by atoms with van der Waals surface area (Å²) in [7, 11) is 3.17. The Kier molecular flexibility index (Phi) is 7.97. The van der Waals surface area contributed by atoms with Gasteiger partial charge in [-0.25, -0.2) is 4.98 Å². The quantitative estimate of drug-likeness (QED) is 0.281. The van der Waals surface area contributed by atoms with E-state index in [0.29, 0.717) is 34.7 Å². The molecule has 4 aromatic rings. The molecule has 0 spiro atoms. The molecule has 0 unspecified atom stereocenters. The van der Waals surface area contributed by atoms with Crippen LogP contribution in [0.3, 0.4) is 0 Å². The number of nitrogens with zero attached hydrogens (tertiary/aromatic N) is 3. The van der Waals surface area contributed by atoms with Crippen LogP contribution in [0.25, 0.3) is 22.0 Å². The number of aromatic nitrogens is 2. The molecular weight excluding hydrogens is 519 g/mol. The van der Waals surface area contributed by atoms with Crippen molar-refractivity contribution < 1.29 is 22.6 Å². The number of rotatable bonds is 8. The maximum Gasteiger partial charge on any atom is 0.416 e. The summed E-state index contributed by atoms with van der Waals surface area (Å²) in [6.07, 6.45) is -2.31. The summed E-state index contributed by atoms with van der Waals surface area (Å²) < 4.78 is 49.2. The standard InChI is InChI=1S/C30H32F3N5O2/c1-39-26-15-24-25(16-27(26)40-2)36-29(37-28(24)34)38-13-11-20(12-14-38)18-35-17-19-3-5-21(6-4-19)22-7-9-23(10-8-22)30(31,32)33/h3-10,15-16,20,35H,11-14,17-18H2,1-2H3,(H2,34,36,37). The first-order valence-corrected chi connectivity index (χ1v) is 13.2. The second-order valence-electron chi connectivity index (χ2n) is 9.97. The summed E-state index contributed by atoms with van der Waals surface area (Å²) in [5, 5.41) is 4.28. The third kappa shape index (κ3) is 6.07. The molecule has 3 N–H and O–H groups in total. The van der Waals surface area contributed by atoms with Gasteiger partial charge < -0.3 is 25.4 Å². The average Bonchev–Trinajstić information content (AvgIpc) is 2.97. The van der Waals surface area contributed by atoms with E-state index in [4.69, 9.17) is 20.2 Å². The number of piperidine rings is 1. The van der Waals surface area contributed by atoms with E-state index in [-0.39, 0.29) is 0 Å². The van der Waals surface area contributed by atoms with Gasteiger partial charge in [-0.2, -0.15) is 18.2 Å². The van der Waals surface area contributed by atoms with Crippen molar-refractivity contribution in [1.29, 1.82) is 0 Å². The minimum atomic E-state index is -4.33. The SMILES string of the molecule is COc1cc2nc(N3CCC(CNCc4ccc(-c5ccc(C(F)(F)F)cc5)cc4)CC3)nc(N)c2cc1OC. The molecule has 0 saturated carbocycles. The first-order chi connectivity index (χ1) is 19.2. The van der Waals surface area contributed by atoms with Gasteiger partial charge >= 0.3 is 6.18 Å². The van der Waals surface area contributed by atoms with E-state index in [2.05, 4.69) is 15.2 Å². The monoisotopic (exact) mass is 551 g/mol. The van der Waals surface area contributed by atoms with Crippen LogP contribution in [0.1, 0.15) is 24.0 Å². The van der Waals surface area contributed by atoms with Crippen molar-refractivity contribution in [2.45, 2.75) is 25.6 Å². The Morgan fingerprint density at radius 1 is 0.900 bits per heavy atom. The van der Waals surface area contributed by atoms with Gasteiger partial charge in [0, 0.05) is 31.1 Å². The predicted molar refractivity (Wildman–Crippen MR) is 151 cm³/mol. The average molecular weight is 552 g/mol. The summed E-state index contributed by atoms with van der Waals surface area (Å²) in [5.41, 5.74) is 9.11. The molecule has 7 nitrogen and oxygen atoms in total. The Labute approximate surface area is 231 Å². The largest absolute Gasteiger partial charge is 0.493 e. The number of hydrogen-bond acceptors (Lipinski definition) is 7. The summed E-state index contributed by atoms with van der Waals surface area (Å²) in [6, 6.07) is 16.8. The molecule has 210 valence electrons. The molecular formula is C30H32F3N5O2. The molecule has 1 saturated heterocycles. The Morgan fingerprint density at radius 3 is 2.10 bits per heavy atom. The van der Waals surface area contributed by atoms with Gasteiger partial charge in [0.15, 0.2) is 11.5 Å². The van der Waals surface area contributed by atoms with Crippen molar-refractivity contribution >= 4 is 22.7 Å². The van der Waals surface area contributed by atoms with Crippen LogP contribution in [0, 0.1) is 5.92 Å². The Bertz CT molecular complexity index is 1450. The second kappa shape index (κ2) is 11.6. The molecule has 10 heteroatoms. The van der Waals surface area contributed by atoms with E-state index in [0.717, 1.165) is 73.2 Å². The molecule has 1 fully saturated rings. The molecule has 0 bridgehead atoms. The van der Waals surface area contributed by atoms with E-state index >= 15 is 0 Å². The van der Waals surface area contributed by atoms with Crippen molar-refractivity contribution in [3.05, 3.63) is 71.8 Å². The number of nitrogen functional groups attached to an aromatic ring is 1. The third-order valence-electron chi connectivity index (χ3n) is 7.38. The van der Waals surface area contributed by atoms with Crippen molar-refractivity contribution in [3.63, 3.8) is 0 Å². The summed E-state index contributed by atoms with van der Waals surface area (Å²) in [4.78, 5) is 11.5. The maximum absolute atomic E-state index is 12.8. The van der Waals surface area contributed by atoms with Gasteiger partial charge in [0.2, 0.25) is 5.95 Å². The topological polar surface area (TPSA) is 85.5 Å². The number of alkyl halides is 3. The smallest absolute Gasteiger partial charge is 0.416 e. The van der Waals surface area contributed by atoms with E-state index in [9.17, 15) is 13.2 Å². The number of halogens is 3. The van der Waals surface area contributed by atoms with Crippen molar-refractivity contribution in [2.75, 3.05) is 44.5 Å². The fourth-order valence-electron chi connectivity index (χ4n) is 5.03. The molecule has 0 radical (unpaired) electrons. The lowest BCUT2D eigenvalue weighted by Gasteiger charge is -2.32. The minimum absolute atomic E-state index is 0.411. The van der Waals surface area contributed by atoms with E-state index in [1.165, 1.54) is 12.1 Å². The summed E-state index contributed by atoms with van der Waals surface area (Å²) in [6.45, 7) is 3.30. The molecule has 1 aromatic heterocycles. The van der Waals surface area contributed by atoms with Crippen LogP contribution >= 0.6 is 0 Å². The van der Waals surface area contributed by atoms with Gasteiger partial charge in [0.05, 0.1) is 25.3 Å². The summed E-state index contributed by atoms with van der Waals surface area (Å²) >= 11 is 0. The normalized spacial score (nSPS) is 14.5. The molecule has 0 amide bonds. The molecule has 1 aliphatic rings. The molecule has 2 heterocycles. The number of ether oxygens (including phenoxy) is 2. The first-order valence-electron chi connectivity index (χ1n) is 13.2. The zero-order valence-electron chi connectivity index (χ0n) is 22.5. The van der Waals surface area contributed by atoms with Gasteiger partial charge in [-0.1, -0.05) is 36.4 Å². The molecule has 0 atom stereocenters. The lowest BCUT2D eigenvalue weighted by molar-refractivity contribution is -0.137. The van der Waals surface area contributed by atoms with E-state index in [1.807, 2.05) is 30.3 Å². The number of nitrogens with one attached hydrogen (secondary N) is 1. The van der Waals surface area contributed by atoms with Crippen LogP contribution in [0.15, 0.2) is 60.7 Å². The third-order valence-corrected chi connectivity index (χ3v) is 7.38. The van der Waals surface area contributed by atoms with Gasteiger partial charge in [-0.3, -0.25) is 0 Å². The zero-order chi connectivity index (χ0) is 28.3. The zero-order valence-corrected chi connectivity index (χ0v) is 22.5. The highest BCUT2D eigenvalue weighted by atomic mass is 19.4.